The molecule has 5 rings (SSSR count). The Morgan fingerprint density at radius 1 is 1.00 bits per heavy atom. The molecule has 1 aliphatic heterocycles. The fraction of sp³-hybridized carbons (Fsp3) is 0.368. The molecular formula is C19H22N6OS2+2. The number of hydrogen-bond acceptors (Lipinski definition) is 6. The Bertz CT molecular complexity index is 1160. The van der Waals surface area contributed by atoms with Crippen LogP contribution in [0.2, 0.25) is 0 Å². The molecule has 3 aromatic heterocycles. The van der Waals surface area contributed by atoms with Gasteiger partial charge in [0.05, 0.1) is 10.2 Å². The first-order valence-corrected chi connectivity index (χ1v) is 11.2. The molecule has 9 heteroatoms. The monoisotopic (exact) mass is 414 g/mol. The van der Waals surface area contributed by atoms with Crippen LogP contribution in [0.15, 0.2) is 35.1 Å². The molecule has 2 N–H and O–H groups in total. The predicted octanol–water partition coefficient (Wildman–Crippen LogP) is -0.447. The molecule has 0 unspecified atom stereocenters. The van der Waals surface area contributed by atoms with E-state index in [0.717, 1.165) is 55.5 Å². The molecule has 0 spiro atoms. The van der Waals surface area contributed by atoms with Gasteiger partial charge < -0.3 is 9.80 Å². The van der Waals surface area contributed by atoms with E-state index in [9.17, 15) is 4.79 Å². The molecule has 0 aliphatic carbocycles. The zero-order valence-corrected chi connectivity index (χ0v) is 17.3. The fourth-order valence-corrected chi connectivity index (χ4v) is 5.82. The highest BCUT2D eigenvalue weighted by Gasteiger charge is 2.25. The van der Waals surface area contributed by atoms with Crippen LogP contribution in [-0.2, 0) is 13.1 Å². The van der Waals surface area contributed by atoms with Crippen LogP contribution in [-0.4, -0.2) is 45.8 Å². The lowest BCUT2D eigenvalue weighted by atomic mass is 10.3. The van der Waals surface area contributed by atoms with Crippen molar-refractivity contribution in [2.24, 2.45) is 0 Å². The molecule has 0 bridgehead atoms. The van der Waals surface area contributed by atoms with E-state index in [1.165, 1.54) is 36.5 Å². The zero-order valence-electron chi connectivity index (χ0n) is 15.6. The molecule has 1 aromatic carbocycles. The first kappa shape index (κ1) is 17.9. The van der Waals surface area contributed by atoms with E-state index in [1.807, 2.05) is 24.3 Å². The molecule has 28 heavy (non-hydrogen) atoms. The number of aryl methyl sites for hydroxylation is 1. The fourth-order valence-electron chi connectivity index (χ4n) is 3.77. The molecule has 1 aliphatic rings. The summed E-state index contributed by atoms with van der Waals surface area (Å²) in [5, 5.41) is 6.70. The second kappa shape index (κ2) is 7.32. The second-order valence-corrected chi connectivity index (χ2v) is 9.51. The Labute approximate surface area is 169 Å². The van der Waals surface area contributed by atoms with E-state index in [0.29, 0.717) is 4.96 Å². The van der Waals surface area contributed by atoms with E-state index in [-0.39, 0.29) is 5.56 Å². The van der Waals surface area contributed by atoms with Crippen LogP contribution in [0, 0.1) is 6.92 Å². The number of hydrogen-bond donors (Lipinski definition) is 2. The average molecular weight is 415 g/mol. The summed E-state index contributed by atoms with van der Waals surface area (Å²) in [5.74, 6) is 0. The Morgan fingerprint density at radius 3 is 2.46 bits per heavy atom. The maximum Gasteiger partial charge on any atom is 0.275 e. The zero-order chi connectivity index (χ0) is 19.1. The standard InChI is InChI=1S/C19H20N6OS2/c1-13-10-18(26)25-19(20-13)28-17(22-25)12-24-8-6-23(7-9-24)11-16-21-14-4-2-3-5-15(14)27-16/h2-5,10H,6-9,11-12H2,1H3/p+2. The summed E-state index contributed by atoms with van der Waals surface area (Å²) in [7, 11) is 0. The lowest BCUT2D eigenvalue weighted by Crippen LogP contribution is -3.27. The van der Waals surface area contributed by atoms with Crippen molar-refractivity contribution in [2.75, 3.05) is 26.2 Å². The first-order chi connectivity index (χ1) is 13.6. The normalized spacial score (nSPS) is 20.2. The molecule has 0 radical (unpaired) electrons. The number of fused-ring (bicyclic) bond motifs is 2. The summed E-state index contributed by atoms with van der Waals surface area (Å²) in [4.78, 5) is 25.1. The Morgan fingerprint density at radius 2 is 1.71 bits per heavy atom. The Balaban J connectivity index is 1.21. The summed E-state index contributed by atoms with van der Waals surface area (Å²) < 4.78 is 2.71. The van der Waals surface area contributed by atoms with E-state index >= 15 is 0 Å². The molecule has 0 saturated carbocycles. The molecule has 1 fully saturated rings. The lowest BCUT2D eigenvalue weighted by Gasteiger charge is -2.28. The first-order valence-electron chi connectivity index (χ1n) is 9.52. The quantitative estimate of drug-likeness (QED) is 0.475. The van der Waals surface area contributed by atoms with Gasteiger partial charge in [-0.25, -0.2) is 9.97 Å². The number of rotatable bonds is 4. The lowest BCUT2D eigenvalue weighted by molar-refractivity contribution is -1.02. The highest BCUT2D eigenvalue weighted by molar-refractivity contribution is 7.18. The van der Waals surface area contributed by atoms with Crippen LogP contribution in [0.4, 0.5) is 0 Å². The summed E-state index contributed by atoms with van der Waals surface area (Å²) >= 11 is 3.34. The van der Waals surface area contributed by atoms with Crippen molar-refractivity contribution in [2.45, 2.75) is 20.0 Å². The van der Waals surface area contributed by atoms with Crippen molar-refractivity contribution in [1.82, 2.24) is 19.6 Å². The van der Waals surface area contributed by atoms with Gasteiger partial charge in [0.1, 0.15) is 44.3 Å². The van der Waals surface area contributed by atoms with Gasteiger partial charge in [0.2, 0.25) is 4.96 Å². The number of nitrogens with zero attached hydrogens (tertiary/aromatic N) is 4. The number of thiazole rings is 1. The van der Waals surface area contributed by atoms with E-state index in [2.05, 4.69) is 28.3 Å². The van der Waals surface area contributed by atoms with Crippen molar-refractivity contribution >= 4 is 37.9 Å². The van der Waals surface area contributed by atoms with E-state index < -0.39 is 0 Å². The van der Waals surface area contributed by atoms with Gasteiger partial charge in [-0.15, -0.1) is 11.3 Å². The highest BCUT2D eigenvalue weighted by atomic mass is 32.1. The summed E-state index contributed by atoms with van der Waals surface area (Å²) in [6.45, 7) is 8.20. The number of piperazine rings is 1. The minimum Gasteiger partial charge on any atom is -0.320 e. The van der Waals surface area contributed by atoms with Crippen molar-refractivity contribution in [3.05, 3.63) is 56.4 Å². The van der Waals surface area contributed by atoms with Gasteiger partial charge >= 0.3 is 0 Å². The van der Waals surface area contributed by atoms with Gasteiger partial charge in [-0.2, -0.15) is 9.61 Å². The number of quaternary nitrogens is 2. The van der Waals surface area contributed by atoms with Crippen LogP contribution in [0.5, 0.6) is 0 Å². The molecular weight excluding hydrogens is 392 g/mol. The third-order valence-corrected chi connectivity index (χ3v) is 7.16. The van der Waals surface area contributed by atoms with Gasteiger partial charge in [0.25, 0.3) is 5.56 Å². The average Bonchev–Trinajstić information content (AvgIpc) is 3.26. The van der Waals surface area contributed by atoms with Crippen LogP contribution in [0.3, 0.4) is 0 Å². The number of benzene rings is 1. The van der Waals surface area contributed by atoms with Gasteiger partial charge in [0, 0.05) is 11.8 Å². The molecule has 144 valence electrons. The number of nitrogens with one attached hydrogen (secondary N) is 2. The SMILES string of the molecule is Cc1cc(=O)n2nc(C[NH+]3CC[NH+](Cc4nc5ccccc5s4)CC3)sc2n1. The Kier molecular flexibility index (Phi) is 4.67. The Hall–Kier alpha value is -2.20. The molecule has 0 atom stereocenters. The maximum absolute atomic E-state index is 12.0. The molecule has 4 heterocycles. The van der Waals surface area contributed by atoms with E-state index in [4.69, 9.17) is 4.98 Å². The van der Waals surface area contributed by atoms with Crippen molar-refractivity contribution in [1.29, 1.82) is 0 Å². The summed E-state index contributed by atoms with van der Waals surface area (Å²) in [6, 6.07) is 9.90. The third kappa shape index (κ3) is 3.58. The van der Waals surface area contributed by atoms with Crippen molar-refractivity contribution in [3.8, 4) is 0 Å². The van der Waals surface area contributed by atoms with Gasteiger partial charge in [-0.3, -0.25) is 4.79 Å². The largest absolute Gasteiger partial charge is 0.320 e. The smallest absolute Gasteiger partial charge is 0.275 e. The van der Waals surface area contributed by atoms with Gasteiger partial charge in [-0.1, -0.05) is 23.5 Å². The number of para-hydroxylation sites is 1. The van der Waals surface area contributed by atoms with Crippen LogP contribution in [0.25, 0.3) is 15.2 Å². The van der Waals surface area contributed by atoms with Gasteiger partial charge in [-0.05, 0) is 19.1 Å². The second-order valence-electron chi connectivity index (χ2n) is 7.35. The predicted molar refractivity (Wildman–Crippen MR) is 110 cm³/mol. The third-order valence-electron chi connectivity index (χ3n) is 5.22. The summed E-state index contributed by atoms with van der Waals surface area (Å²) in [5.41, 5.74) is 1.77. The minimum atomic E-state index is -0.0925. The van der Waals surface area contributed by atoms with Gasteiger partial charge in [0.15, 0.2) is 5.01 Å². The minimum absolute atomic E-state index is 0.0925. The molecule has 0 amide bonds. The molecule has 7 nitrogen and oxygen atoms in total. The molecule has 1 saturated heterocycles. The highest BCUT2D eigenvalue weighted by Crippen LogP contribution is 2.20. The topological polar surface area (TPSA) is 69.0 Å². The van der Waals surface area contributed by atoms with Crippen LogP contribution >= 0.6 is 22.7 Å². The van der Waals surface area contributed by atoms with Crippen molar-refractivity contribution < 1.29 is 9.80 Å². The van der Waals surface area contributed by atoms with Crippen LogP contribution in [0.1, 0.15) is 15.7 Å². The number of aromatic nitrogens is 4. The molecule has 4 aromatic rings. The maximum atomic E-state index is 12.0. The van der Waals surface area contributed by atoms with E-state index in [1.54, 1.807) is 4.90 Å². The summed E-state index contributed by atoms with van der Waals surface area (Å²) in [6.07, 6.45) is 0. The van der Waals surface area contributed by atoms with Crippen LogP contribution < -0.4 is 15.4 Å². The van der Waals surface area contributed by atoms with Crippen molar-refractivity contribution in [3.63, 3.8) is 0 Å².